The van der Waals surface area contributed by atoms with Crippen molar-refractivity contribution in [2.45, 2.75) is 63.0 Å². The van der Waals surface area contributed by atoms with Gasteiger partial charge in [0, 0.05) is 31.4 Å². The highest BCUT2D eigenvalue weighted by atomic mass is 35.5. The number of piperidine rings is 1. The number of anilines is 1. The van der Waals surface area contributed by atoms with Crippen molar-refractivity contribution < 1.29 is 9.90 Å². The zero-order valence-electron chi connectivity index (χ0n) is 16.9. The number of pyridine rings is 1. The van der Waals surface area contributed by atoms with Gasteiger partial charge in [0.1, 0.15) is 5.82 Å². The molecule has 2 saturated heterocycles. The minimum atomic E-state index is -0.262. The molecule has 4 bridgehead atoms. The van der Waals surface area contributed by atoms with Crippen molar-refractivity contribution in [3.05, 3.63) is 23.4 Å². The van der Waals surface area contributed by atoms with Gasteiger partial charge in [-0.05, 0) is 81.3 Å². The monoisotopic (exact) mass is 415 g/mol. The third-order valence-corrected chi connectivity index (χ3v) is 9.11. The number of amides is 1. The number of carbonyl (C=O) groups is 1. The van der Waals surface area contributed by atoms with Crippen molar-refractivity contribution in [3.63, 3.8) is 0 Å². The van der Waals surface area contributed by atoms with Crippen molar-refractivity contribution in [3.8, 4) is 0 Å². The highest BCUT2D eigenvalue weighted by Crippen LogP contribution is 2.59. The normalized spacial score (nSPS) is 43.6. The molecular weight excluding hydrogens is 386 g/mol. The lowest BCUT2D eigenvalue weighted by Crippen LogP contribution is -2.65. The molecule has 3 unspecified atom stereocenters. The first-order valence-electron chi connectivity index (χ1n) is 11.3. The van der Waals surface area contributed by atoms with Gasteiger partial charge in [-0.1, -0.05) is 11.6 Å². The van der Waals surface area contributed by atoms with Crippen LogP contribution in [0.4, 0.5) is 5.82 Å². The number of aromatic nitrogens is 1. The summed E-state index contributed by atoms with van der Waals surface area (Å²) < 4.78 is 0. The number of likely N-dealkylation sites (tertiary alicyclic amines) is 1. The molecule has 3 heterocycles. The lowest BCUT2D eigenvalue weighted by atomic mass is 9.51. The van der Waals surface area contributed by atoms with Crippen molar-refractivity contribution in [1.82, 2.24) is 9.88 Å². The topological polar surface area (TPSA) is 56.7 Å². The summed E-state index contributed by atoms with van der Waals surface area (Å²) in [6.45, 7) is 2.61. The Labute approximate surface area is 177 Å². The molecule has 3 atom stereocenters. The number of halogens is 1. The second-order valence-electron chi connectivity index (χ2n) is 10.5. The van der Waals surface area contributed by atoms with Gasteiger partial charge in [-0.15, -0.1) is 0 Å². The quantitative estimate of drug-likeness (QED) is 0.803. The lowest BCUT2D eigenvalue weighted by molar-refractivity contribution is -0.167. The van der Waals surface area contributed by atoms with Crippen molar-refractivity contribution in [2.24, 2.45) is 23.2 Å². The van der Waals surface area contributed by atoms with E-state index in [-0.39, 0.29) is 17.1 Å². The van der Waals surface area contributed by atoms with Gasteiger partial charge >= 0.3 is 0 Å². The Morgan fingerprint density at radius 3 is 2.62 bits per heavy atom. The molecule has 6 heteroatoms. The predicted molar refractivity (Wildman–Crippen MR) is 112 cm³/mol. The van der Waals surface area contributed by atoms with E-state index in [1.54, 1.807) is 6.20 Å². The van der Waals surface area contributed by atoms with Crippen LogP contribution in [0.2, 0.25) is 5.02 Å². The van der Waals surface area contributed by atoms with Crippen LogP contribution >= 0.6 is 11.6 Å². The van der Waals surface area contributed by atoms with E-state index < -0.39 is 0 Å². The lowest BCUT2D eigenvalue weighted by Gasteiger charge is -2.61. The minimum Gasteiger partial charge on any atom is -0.393 e. The second kappa shape index (κ2) is 6.34. The fourth-order valence-electron chi connectivity index (χ4n) is 7.82. The van der Waals surface area contributed by atoms with Gasteiger partial charge in [0.25, 0.3) is 0 Å². The first-order chi connectivity index (χ1) is 14.0. The van der Waals surface area contributed by atoms with Gasteiger partial charge in [-0.25, -0.2) is 4.98 Å². The van der Waals surface area contributed by atoms with Crippen molar-refractivity contribution >= 4 is 23.3 Å². The first-order valence-corrected chi connectivity index (χ1v) is 11.7. The molecule has 0 aromatic carbocycles. The fourth-order valence-corrected chi connectivity index (χ4v) is 7.93. The summed E-state index contributed by atoms with van der Waals surface area (Å²) in [5.41, 5.74) is -0.237. The molecular formula is C23H30ClN3O2. The largest absolute Gasteiger partial charge is 0.393 e. The molecule has 0 radical (unpaired) electrons. The van der Waals surface area contributed by atoms with E-state index in [0.717, 1.165) is 64.0 Å². The zero-order chi connectivity index (χ0) is 19.8. The van der Waals surface area contributed by atoms with Crippen LogP contribution < -0.4 is 4.90 Å². The van der Waals surface area contributed by atoms with E-state index in [4.69, 9.17) is 11.6 Å². The van der Waals surface area contributed by atoms with Crippen LogP contribution in [0.15, 0.2) is 18.3 Å². The Balaban J connectivity index is 1.25. The molecule has 1 amide bonds. The maximum Gasteiger partial charge on any atom is 0.231 e. The number of rotatable bonds is 2. The van der Waals surface area contributed by atoms with Crippen molar-refractivity contribution in [2.75, 3.05) is 24.5 Å². The number of hydrogen-bond donors (Lipinski definition) is 1. The Kier molecular flexibility index (Phi) is 4.03. The fraction of sp³-hybridized carbons (Fsp3) is 0.739. The number of aliphatic hydroxyl groups is 1. The molecule has 156 valence electrons. The summed E-state index contributed by atoms with van der Waals surface area (Å²) in [6.07, 6.45) is 10.1. The summed E-state index contributed by atoms with van der Waals surface area (Å²) in [6, 6.07) is 3.85. The Morgan fingerprint density at radius 1 is 1.10 bits per heavy atom. The Morgan fingerprint density at radius 2 is 1.90 bits per heavy atom. The van der Waals surface area contributed by atoms with E-state index in [2.05, 4.69) is 14.8 Å². The van der Waals surface area contributed by atoms with E-state index in [1.165, 1.54) is 12.8 Å². The molecule has 7 rings (SSSR count). The van der Waals surface area contributed by atoms with Crippen LogP contribution in [0.25, 0.3) is 0 Å². The molecule has 2 aliphatic heterocycles. The van der Waals surface area contributed by atoms with Crippen molar-refractivity contribution in [1.29, 1.82) is 0 Å². The second-order valence-corrected chi connectivity index (χ2v) is 11.0. The van der Waals surface area contributed by atoms with Gasteiger partial charge in [0.05, 0.1) is 16.5 Å². The molecule has 4 aliphatic carbocycles. The molecule has 5 nitrogen and oxygen atoms in total. The van der Waals surface area contributed by atoms with Crippen LogP contribution in [0, 0.1) is 23.2 Å². The van der Waals surface area contributed by atoms with Gasteiger partial charge in [-0.3, -0.25) is 4.79 Å². The van der Waals surface area contributed by atoms with Crippen LogP contribution in [-0.2, 0) is 4.79 Å². The summed E-state index contributed by atoms with van der Waals surface area (Å²) in [7, 11) is 0. The predicted octanol–water partition coefficient (Wildman–Crippen LogP) is 3.49. The van der Waals surface area contributed by atoms with Gasteiger partial charge in [-0.2, -0.15) is 0 Å². The maximum absolute atomic E-state index is 13.9. The molecule has 1 spiro atoms. The maximum atomic E-state index is 13.9. The van der Waals surface area contributed by atoms with Crippen LogP contribution in [0.3, 0.4) is 0 Å². The molecule has 6 fully saturated rings. The first kappa shape index (κ1) is 18.4. The minimum absolute atomic E-state index is 0.0249. The zero-order valence-corrected chi connectivity index (χ0v) is 17.7. The molecule has 4 saturated carbocycles. The number of hydrogen-bond acceptors (Lipinski definition) is 4. The average Bonchev–Trinajstić information content (AvgIpc) is 3.02. The standard InChI is InChI=1S/C23H30ClN3O2/c24-18-2-3-19(25-13-18)26-6-1-4-22(14-26)5-7-27(21(22)29)23-10-15-8-16(11-23)20(28)17(9-15)12-23/h2-3,13,15-17,20,28H,1,4-12,14H2. The smallest absolute Gasteiger partial charge is 0.231 e. The SMILES string of the molecule is O=C1N(C23CC4CC(C2)C(O)C(C4)C3)CCC12CCCN(c1ccc(Cl)cn1)C2. The molecule has 29 heavy (non-hydrogen) atoms. The van der Waals surface area contributed by atoms with Gasteiger partial charge in [0.15, 0.2) is 0 Å². The highest BCUT2D eigenvalue weighted by Gasteiger charge is 2.61. The summed E-state index contributed by atoms with van der Waals surface area (Å²) in [5, 5.41) is 11.3. The Bertz CT molecular complexity index is 814. The third-order valence-electron chi connectivity index (χ3n) is 8.89. The van der Waals surface area contributed by atoms with Gasteiger partial charge < -0.3 is 14.9 Å². The molecule has 6 aliphatic rings. The number of nitrogens with zero attached hydrogens (tertiary/aromatic N) is 3. The van der Waals surface area contributed by atoms with Gasteiger partial charge in [0.2, 0.25) is 5.91 Å². The number of carbonyl (C=O) groups excluding carboxylic acids is 1. The van der Waals surface area contributed by atoms with Crippen LogP contribution in [0.5, 0.6) is 0 Å². The van der Waals surface area contributed by atoms with Crippen LogP contribution in [-0.4, -0.2) is 52.2 Å². The molecule has 1 aromatic heterocycles. The summed E-state index contributed by atoms with van der Waals surface area (Å²) in [5.74, 6) is 2.84. The molecule has 1 aromatic rings. The van der Waals surface area contributed by atoms with E-state index in [1.807, 2.05) is 12.1 Å². The summed E-state index contributed by atoms with van der Waals surface area (Å²) >= 11 is 6.01. The number of aliphatic hydroxyl groups excluding tert-OH is 1. The Hall–Kier alpha value is -1.33. The summed E-state index contributed by atoms with van der Waals surface area (Å²) in [4.78, 5) is 23.0. The molecule has 1 N–H and O–H groups in total. The van der Waals surface area contributed by atoms with Crippen LogP contribution in [0.1, 0.15) is 51.4 Å². The van der Waals surface area contributed by atoms with E-state index in [9.17, 15) is 9.90 Å². The van der Waals surface area contributed by atoms with E-state index >= 15 is 0 Å². The van der Waals surface area contributed by atoms with E-state index in [0.29, 0.717) is 28.7 Å². The third kappa shape index (κ3) is 2.69. The average molecular weight is 416 g/mol. The highest BCUT2D eigenvalue weighted by molar-refractivity contribution is 6.30.